The second-order valence-corrected chi connectivity index (χ2v) is 31.0. The van der Waals surface area contributed by atoms with E-state index in [1.165, 1.54) is 0 Å². The van der Waals surface area contributed by atoms with E-state index < -0.39 is 204 Å². The lowest BCUT2D eigenvalue weighted by Gasteiger charge is -2.31. The number of primary amides is 1. The quantitative estimate of drug-likeness (QED) is 0.0169. The summed E-state index contributed by atoms with van der Waals surface area (Å²) in [6, 6.07) is -2.29. The van der Waals surface area contributed by atoms with Gasteiger partial charge >= 0.3 is 11.9 Å². The Hall–Kier alpha value is -11.8. The third kappa shape index (κ3) is 41.9. The van der Waals surface area contributed by atoms with Crippen molar-refractivity contribution < 1.29 is 82.1 Å². The van der Waals surface area contributed by atoms with Gasteiger partial charge in [0, 0.05) is 38.9 Å². The Morgan fingerprint density at radius 1 is 0.352 bits per heavy atom. The molecule has 0 aromatic heterocycles. The minimum absolute atomic E-state index is 0.00465. The maximum atomic E-state index is 14.9. The van der Waals surface area contributed by atoms with E-state index in [1.807, 2.05) is 0 Å². The highest BCUT2D eigenvalue weighted by molar-refractivity contribution is 6.01. The standard InChI is InChI=1S/C80H135N25O17/c1-9-46(7)63(104-69(113)52(30-18-20-36-82)95-73(117)58(43-61(107)108)101-72(116)57(41-48-24-13-11-14-25-48)100-71(115)56(40-44(3)4)99-65(109)50(83)28-21-37-91-78(85)86)75(119)97-54(32-23-39-93-80(89)90)67(111)96-55(33-34-60(84)106)70(114)103-62(45(5)6)74(118)105-64(47(8)10-2)76(120)98-53(31-22-38-92-79(87)88)66(110)94-51(29-17-19-35-81)68(112)102-59(77(121)122)42-49-26-15-12-16-27-49/h11-16,24-27,44-47,50-59,62-64H,9-10,17-23,28-43,81-83H2,1-8H3,(H2,84,106)(H,94,110)(H,95,117)(H,96,111)(H,97,119)(H,98,120)(H,99,109)(H,100,115)(H,101,116)(H,102,112)(H,103,114)(H,104,113)(H,105,118)(H,107,108)(H,121,122)(H4,85,86,91)(H4,87,88,92)(H4,89,90,93)/t46-,47-,50-,51-,52-,53-,54-,55-,56-,57-,58-,59-,62-,63-,64-/m0/s1. The number of carboxylic acids is 2. The summed E-state index contributed by atoms with van der Waals surface area (Å²) in [6.45, 7) is 13.8. The molecule has 42 heteroatoms. The lowest BCUT2D eigenvalue weighted by molar-refractivity contribution is -0.142. The van der Waals surface area contributed by atoms with Crippen LogP contribution in [0, 0.1) is 23.7 Å². The highest BCUT2D eigenvalue weighted by Crippen LogP contribution is 2.18. The van der Waals surface area contributed by atoms with Gasteiger partial charge in [0.15, 0.2) is 17.9 Å². The van der Waals surface area contributed by atoms with E-state index in [-0.39, 0.29) is 140 Å². The van der Waals surface area contributed by atoms with Gasteiger partial charge in [-0.15, -0.1) is 0 Å². The molecule has 122 heavy (non-hydrogen) atoms. The van der Waals surface area contributed by atoms with Crippen LogP contribution in [-0.2, 0) is 84.8 Å². The predicted molar refractivity (Wildman–Crippen MR) is 458 cm³/mol. The number of carboxylic acid groups (broad SMARTS) is 2. The monoisotopic (exact) mass is 1720 g/mol. The number of carbonyl (C=O) groups excluding carboxylic acids is 13. The van der Waals surface area contributed by atoms with Gasteiger partial charge in [-0.05, 0) is 138 Å². The van der Waals surface area contributed by atoms with Crippen molar-refractivity contribution in [2.24, 2.45) is 96.0 Å². The molecular formula is C80H135N25O17. The molecule has 682 valence electrons. The van der Waals surface area contributed by atoms with Crippen LogP contribution in [0.3, 0.4) is 0 Å². The van der Waals surface area contributed by atoms with Crippen LogP contribution in [0.4, 0.5) is 0 Å². The molecule has 0 aliphatic heterocycles. The van der Waals surface area contributed by atoms with Crippen LogP contribution in [0.5, 0.6) is 0 Å². The Balaban J connectivity index is 2.62. The minimum Gasteiger partial charge on any atom is -0.481 e. The van der Waals surface area contributed by atoms with Crippen LogP contribution in [0.15, 0.2) is 75.6 Å². The maximum absolute atomic E-state index is 14.9. The zero-order chi connectivity index (χ0) is 91.7. The van der Waals surface area contributed by atoms with Crippen molar-refractivity contribution >= 4 is 107 Å². The van der Waals surface area contributed by atoms with E-state index in [9.17, 15) is 82.1 Å². The number of carbonyl (C=O) groups is 15. The Labute approximate surface area is 712 Å². The predicted octanol–water partition coefficient (Wildman–Crippen LogP) is -4.35. The van der Waals surface area contributed by atoms with Crippen molar-refractivity contribution in [3.8, 4) is 0 Å². The van der Waals surface area contributed by atoms with Crippen molar-refractivity contribution in [1.29, 1.82) is 0 Å². The Bertz CT molecular complexity index is 3790. The SMILES string of the molecule is CC[C@H](C)[C@H](NC(=O)[C@H](CCCCN)NC(=O)[C@H](CC(=O)O)NC(=O)[C@H](Cc1ccccc1)NC(=O)[C@H](CC(C)C)NC(=O)[C@@H](N)CCCN=C(N)N)C(=O)N[C@@H](CCCN=C(N)N)C(=O)N[C@@H](CCC(N)=O)C(=O)N[C@H](C(=O)N[C@H](C(=O)N[C@@H](CCCN=C(N)N)C(=O)N[C@@H](CCCCN)C(=O)N[C@@H](Cc1ccccc1)C(=O)O)[C@@H](C)CC)C(C)C. The summed E-state index contributed by atoms with van der Waals surface area (Å²) in [5, 5.41) is 51.7. The third-order valence-electron chi connectivity index (χ3n) is 19.9. The number of amides is 13. The fourth-order valence-electron chi connectivity index (χ4n) is 12.6. The van der Waals surface area contributed by atoms with Crippen molar-refractivity contribution in [1.82, 2.24) is 63.8 Å². The fraction of sp³-hybridized carbons (Fsp3) is 0.625. The van der Waals surface area contributed by atoms with E-state index in [1.54, 1.807) is 116 Å². The first-order valence-electron chi connectivity index (χ1n) is 41.4. The summed E-state index contributed by atoms with van der Waals surface area (Å²) in [5.41, 5.74) is 57.8. The van der Waals surface area contributed by atoms with E-state index in [2.05, 4.69) is 78.8 Å². The first-order chi connectivity index (χ1) is 57.7. The number of benzene rings is 2. The molecule has 0 aliphatic rings. The molecule has 0 fully saturated rings. The number of hydrogen-bond donors (Lipinski definition) is 24. The van der Waals surface area contributed by atoms with Crippen LogP contribution >= 0.6 is 0 Å². The molecule has 0 aliphatic carbocycles. The molecule has 2 aromatic rings. The van der Waals surface area contributed by atoms with E-state index >= 15 is 0 Å². The number of unbranched alkanes of at least 4 members (excludes halogenated alkanes) is 2. The molecule has 2 aromatic carbocycles. The molecule has 0 saturated heterocycles. The number of aliphatic carboxylic acids is 2. The molecule has 2 rings (SSSR count). The van der Waals surface area contributed by atoms with E-state index in [0.717, 1.165) is 0 Å². The van der Waals surface area contributed by atoms with Gasteiger partial charge in [0.25, 0.3) is 0 Å². The van der Waals surface area contributed by atoms with Crippen LogP contribution in [-0.4, -0.2) is 228 Å². The average molecular weight is 1720 g/mol. The van der Waals surface area contributed by atoms with Gasteiger partial charge in [-0.3, -0.25) is 82.1 Å². The minimum atomic E-state index is -1.92. The van der Waals surface area contributed by atoms with E-state index in [0.29, 0.717) is 36.8 Å². The van der Waals surface area contributed by atoms with Crippen molar-refractivity contribution in [2.45, 2.75) is 262 Å². The average Bonchev–Trinajstić information content (AvgIpc) is 0.845. The Morgan fingerprint density at radius 2 is 0.664 bits per heavy atom. The summed E-state index contributed by atoms with van der Waals surface area (Å²) >= 11 is 0. The molecule has 13 amide bonds. The summed E-state index contributed by atoms with van der Waals surface area (Å²) in [4.78, 5) is 223. The normalized spacial score (nSPS) is 14.8. The summed E-state index contributed by atoms with van der Waals surface area (Å²) in [7, 11) is 0. The molecule has 0 heterocycles. The highest BCUT2D eigenvalue weighted by Gasteiger charge is 2.40. The van der Waals surface area contributed by atoms with Crippen LogP contribution < -0.4 is 121 Å². The molecule has 0 spiro atoms. The fourth-order valence-corrected chi connectivity index (χ4v) is 12.6. The van der Waals surface area contributed by atoms with Crippen molar-refractivity contribution in [3.63, 3.8) is 0 Å². The molecule has 0 radical (unpaired) electrons. The maximum Gasteiger partial charge on any atom is 0.326 e. The topological polar surface area (TPSA) is 738 Å². The second-order valence-electron chi connectivity index (χ2n) is 31.0. The molecule has 0 bridgehead atoms. The van der Waals surface area contributed by atoms with Gasteiger partial charge in [-0.25, -0.2) is 4.79 Å². The molecule has 0 saturated carbocycles. The number of aliphatic imine (C=N–C) groups is 3. The van der Waals surface area contributed by atoms with Gasteiger partial charge in [0.2, 0.25) is 76.8 Å². The number of guanidine groups is 3. The largest absolute Gasteiger partial charge is 0.481 e. The summed E-state index contributed by atoms with van der Waals surface area (Å²) < 4.78 is 0. The number of nitrogens with two attached hydrogens (primary N) is 10. The number of nitrogens with zero attached hydrogens (tertiary/aromatic N) is 3. The van der Waals surface area contributed by atoms with Gasteiger partial charge in [0.05, 0.1) is 12.5 Å². The Morgan fingerprint density at radius 3 is 1.04 bits per heavy atom. The van der Waals surface area contributed by atoms with Gasteiger partial charge in [0.1, 0.15) is 72.5 Å². The lowest BCUT2D eigenvalue weighted by atomic mass is 9.95. The van der Waals surface area contributed by atoms with E-state index in [4.69, 9.17) is 57.3 Å². The van der Waals surface area contributed by atoms with Crippen molar-refractivity contribution in [3.05, 3.63) is 71.8 Å². The van der Waals surface area contributed by atoms with Gasteiger partial charge < -0.3 is 131 Å². The van der Waals surface area contributed by atoms with Gasteiger partial charge in [-0.2, -0.15) is 0 Å². The summed E-state index contributed by atoms with van der Waals surface area (Å²) in [5.74, 6) is -18.1. The molecule has 0 unspecified atom stereocenters. The zero-order valence-corrected chi connectivity index (χ0v) is 71.4. The molecule has 42 nitrogen and oxygen atoms in total. The second kappa shape index (κ2) is 57.4. The number of rotatable bonds is 61. The zero-order valence-electron chi connectivity index (χ0n) is 71.4. The number of nitrogens with one attached hydrogen (secondary N) is 12. The molecular weight excluding hydrogens is 1580 g/mol. The van der Waals surface area contributed by atoms with Crippen LogP contribution in [0.1, 0.15) is 182 Å². The smallest absolute Gasteiger partial charge is 0.326 e. The van der Waals surface area contributed by atoms with Crippen LogP contribution in [0.25, 0.3) is 0 Å². The summed E-state index contributed by atoms with van der Waals surface area (Å²) in [6.07, 6.45) is -0.491. The first-order valence-corrected chi connectivity index (χ1v) is 41.4. The Kier molecular flexibility index (Phi) is 50.0. The lowest BCUT2D eigenvalue weighted by Crippen LogP contribution is -2.62. The van der Waals surface area contributed by atoms with Crippen LogP contribution in [0.2, 0.25) is 0 Å². The highest BCUT2D eigenvalue weighted by atomic mass is 16.4. The number of hydrogen-bond acceptors (Lipinski definition) is 21. The molecule has 34 N–H and O–H groups in total. The third-order valence-corrected chi connectivity index (χ3v) is 19.9. The van der Waals surface area contributed by atoms with Crippen molar-refractivity contribution in [2.75, 3.05) is 32.7 Å². The molecule has 15 atom stereocenters. The van der Waals surface area contributed by atoms with Gasteiger partial charge in [-0.1, -0.05) is 129 Å². The first kappa shape index (κ1) is 106.